The van der Waals surface area contributed by atoms with Gasteiger partial charge in [0.1, 0.15) is 0 Å². The summed E-state index contributed by atoms with van der Waals surface area (Å²) >= 11 is 0. The predicted octanol–water partition coefficient (Wildman–Crippen LogP) is 3.11. The monoisotopic (exact) mass is 470 g/mol. The topological polar surface area (TPSA) is 112 Å². The SMILES string of the molecule is O=C(Nc1nccc(-c2cc3c([nH]2)C2(CCCNC2)CNC3=O)n1)c1cccc(C(F)(F)F)c1. The van der Waals surface area contributed by atoms with E-state index in [1.54, 1.807) is 12.1 Å². The molecule has 4 heterocycles. The molecule has 1 unspecified atom stereocenters. The summed E-state index contributed by atoms with van der Waals surface area (Å²) in [7, 11) is 0. The lowest BCUT2D eigenvalue weighted by atomic mass is 9.74. The van der Waals surface area contributed by atoms with Crippen molar-refractivity contribution >= 4 is 17.8 Å². The molecular formula is C23H21F3N6O2. The number of amides is 2. The summed E-state index contributed by atoms with van der Waals surface area (Å²) < 4.78 is 38.9. The molecule has 5 rings (SSSR count). The summed E-state index contributed by atoms with van der Waals surface area (Å²) in [4.78, 5) is 36.7. The smallest absolute Gasteiger partial charge is 0.356 e. The van der Waals surface area contributed by atoms with E-state index in [1.165, 1.54) is 18.3 Å². The third-order valence-corrected chi connectivity index (χ3v) is 6.26. The number of nitrogens with zero attached hydrogens (tertiary/aromatic N) is 2. The van der Waals surface area contributed by atoms with Crippen molar-refractivity contribution in [1.29, 1.82) is 0 Å². The van der Waals surface area contributed by atoms with Crippen LogP contribution in [0.1, 0.15) is 44.8 Å². The van der Waals surface area contributed by atoms with Gasteiger partial charge in [0.05, 0.1) is 22.5 Å². The average molecular weight is 470 g/mol. The van der Waals surface area contributed by atoms with Crippen LogP contribution in [0.25, 0.3) is 11.4 Å². The Balaban J connectivity index is 1.42. The Kier molecular flexibility index (Phi) is 5.35. The van der Waals surface area contributed by atoms with Gasteiger partial charge in [0.15, 0.2) is 0 Å². The van der Waals surface area contributed by atoms with Gasteiger partial charge in [-0.05, 0) is 49.7 Å². The van der Waals surface area contributed by atoms with Crippen LogP contribution in [0.3, 0.4) is 0 Å². The zero-order chi connectivity index (χ0) is 23.9. The van der Waals surface area contributed by atoms with Crippen molar-refractivity contribution in [3.63, 3.8) is 0 Å². The number of piperidine rings is 1. The van der Waals surface area contributed by atoms with Crippen molar-refractivity contribution in [2.75, 3.05) is 25.0 Å². The molecule has 34 heavy (non-hydrogen) atoms. The Bertz CT molecular complexity index is 1260. The fraction of sp³-hybridized carbons (Fsp3) is 0.304. The zero-order valence-electron chi connectivity index (χ0n) is 17.9. The van der Waals surface area contributed by atoms with Crippen LogP contribution in [0.4, 0.5) is 19.1 Å². The van der Waals surface area contributed by atoms with Crippen LogP contribution in [0.2, 0.25) is 0 Å². The van der Waals surface area contributed by atoms with Gasteiger partial charge in [-0.15, -0.1) is 0 Å². The number of alkyl halides is 3. The zero-order valence-corrected chi connectivity index (χ0v) is 17.9. The molecule has 0 bridgehead atoms. The fourth-order valence-electron chi connectivity index (χ4n) is 4.53. The molecule has 11 heteroatoms. The van der Waals surface area contributed by atoms with E-state index in [4.69, 9.17) is 0 Å². The Morgan fingerprint density at radius 2 is 2.00 bits per heavy atom. The highest BCUT2D eigenvalue weighted by molar-refractivity contribution is 6.03. The Morgan fingerprint density at radius 1 is 1.15 bits per heavy atom. The minimum absolute atomic E-state index is 0.0639. The largest absolute Gasteiger partial charge is 0.416 e. The Hall–Kier alpha value is -3.73. The van der Waals surface area contributed by atoms with E-state index in [9.17, 15) is 22.8 Å². The second-order valence-corrected chi connectivity index (χ2v) is 8.51. The van der Waals surface area contributed by atoms with Crippen LogP contribution in [0.15, 0.2) is 42.6 Å². The number of halogens is 3. The number of benzene rings is 1. The number of H-pyrrole nitrogens is 1. The Labute approximate surface area is 192 Å². The number of carbonyl (C=O) groups excluding carboxylic acids is 2. The summed E-state index contributed by atoms with van der Waals surface area (Å²) in [6, 6.07) is 7.46. The lowest BCUT2D eigenvalue weighted by Crippen LogP contribution is -2.54. The van der Waals surface area contributed by atoms with E-state index >= 15 is 0 Å². The summed E-state index contributed by atoms with van der Waals surface area (Å²) in [5, 5.41) is 8.80. The van der Waals surface area contributed by atoms with Gasteiger partial charge in [0.2, 0.25) is 5.95 Å². The maximum Gasteiger partial charge on any atom is 0.416 e. The van der Waals surface area contributed by atoms with Crippen LogP contribution in [-0.2, 0) is 11.6 Å². The molecule has 1 atom stereocenters. The highest BCUT2D eigenvalue weighted by atomic mass is 19.4. The van der Waals surface area contributed by atoms with E-state index < -0.39 is 17.6 Å². The van der Waals surface area contributed by atoms with Gasteiger partial charge in [0, 0.05) is 36.0 Å². The molecule has 8 nitrogen and oxygen atoms in total. The molecule has 4 N–H and O–H groups in total. The summed E-state index contributed by atoms with van der Waals surface area (Å²) in [6.45, 7) is 2.20. The molecule has 2 aliphatic heterocycles. The van der Waals surface area contributed by atoms with Crippen LogP contribution in [0, 0.1) is 0 Å². The number of aromatic amines is 1. The number of aromatic nitrogens is 3. The molecule has 3 aromatic rings. The van der Waals surface area contributed by atoms with Gasteiger partial charge in [-0.1, -0.05) is 6.07 Å². The quantitative estimate of drug-likeness (QED) is 0.470. The lowest BCUT2D eigenvalue weighted by Gasteiger charge is -2.40. The number of rotatable bonds is 3. The van der Waals surface area contributed by atoms with Crippen molar-refractivity contribution in [2.24, 2.45) is 0 Å². The normalized spacial score (nSPS) is 20.0. The van der Waals surface area contributed by atoms with E-state index in [0.29, 0.717) is 23.5 Å². The predicted molar refractivity (Wildman–Crippen MR) is 117 cm³/mol. The van der Waals surface area contributed by atoms with E-state index in [2.05, 4.69) is 30.9 Å². The maximum atomic E-state index is 13.0. The molecule has 1 aromatic carbocycles. The first-order valence-electron chi connectivity index (χ1n) is 10.8. The van der Waals surface area contributed by atoms with Crippen molar-refractivity contribution in [1.82, 2.24) is 25.6 Å². The molecule has 176 valence electrons. The number of hydrogen-bond donors (Lipinski definition) is 4. The van der Waals surface area contributed by atoms with Crippen molar-refractivity contribution in [3.05, 3.63) is 65.0 Å². The molecule has 1 fully saturated rings. The minimum atomic E-state index is -4.56. The van der Waals surface area contributed by atoms with E-state index in [-0.39, 0.29) is 22.8 Å². The van der Waals surface area contributed by atoms with Gasteiger partial charge >= 0.3 is 6.18 Å². The van der Waals surface area contributed by atoms with Gasteiger partial charge in [-0.3, -0.25) is 14.9 Å². The summed E-state index contributed by atoms with van der Waals surface area (Å²) in [5.41, 5.74) is 1.12. The van der Waals surface area contributed by atoms with Crippen LogP contribution in [0.5, 0.6) is 0 Å². The third kappa shape index (κ3) is 4.03. The van der Waals surface area contributed by atoms with Gasteiger partial charge < -0.3 is 15.6 Å². The maximum absolute atomic E-state index is 13.0. The van der Waals surface area contributed by atoms with Crippen molar-refractivity contribution in [2.45, 2.75) is 24.4 Å². The minimum Gasteiger partial charge on any atom is -0.356 e. The number of hydrogen-bond acceptors (Lipinski definition) is 5. The highest BCUT2D eigenvalue weighted by Gasteiger charge is 2.42. The van der Waals surface area contributed by atoms with Crippen LogP contribution < -0.4 is 16.0 Å². The standard InChI is InChI=1S/C23H21F3N6O2/c24-23(25,26)14-4-1-3-13(9-14)19(33)32-21-28-8-5-16(31-21)17-10-15-18(30-17)22(12-29-20(15)34)6-2-7-27-11-22/h1,3-5,8-10,27,30H,2,6-7,11-12H2,(H,29,34)(H,28,31,32,33). The first kappa shape index (κ1) is 22.1. The van der Waals surface area contributed by atoms with Crippen LogP contribution >= 0.6 is 0 Å². The molecule has 2 amide bonds. The molecule has 2 aromatic heterocycles. The first-order valence-corrected chi connectivity index (χ1v) is 10.8. The molecule has 1 saturated heterocycles. The molecule has 0 aliphatic carbocycles. The number of nitrogens with one attached hydrogen (secondary N) is 4. The number of fused-ring (bicyclic) bond motifs is 2. The summed E-state index contributed by atoms with van der Waals surface area (Å²) in [6.07, 6.45) is -1.21. The second-order valence-electron chi connectivity index (χ2n) is 8.51. The third-order valence-electron chi connectivity index (χ3n) is 6.26. The lowest BCUT2D eigenvalue weighted by molar-refractivity contribution is -0.137. The summed E-state index contributed by atoms with van der Waals surface area (Å²) in [5.74, 6) is -0.993. The van der Waals surface area contributed by atoms with Crippen LogP contribution in [-0.4, -0.2) is 46.4 Å². The first-order chi connectivity index (χ1) is 16.2. The van der Waals surface area contributed by atoms with Gasteiger partial charge in [0.25, 0.3) is 11.8 Å². The Morgan fingerprint density at radius 3 is 2.76 bits per heavy atom. The van der Waals surface area contributed by atoms with Gasteiger partial charge in [-0.25, -0.2) is 9.97 Å². The van der Waals surface area contributed by atoms with Gasteiger partial charge in [-0.2, -0.15) is 13.2 Å². The fourth-order valence-corrected chi connectivity index (χ4v) is 4.53. The number of carbonyl (C=O) groups is 2. The number of anilines is 1. The van der Waals surface area contributed by atoms with Crippen molar-refractivity contribution < 1.29 is 22.8 Å². The molecule has 1 spiro atoms. The molecule has 2 aliphatic rings. The average Bonchev–Trinajstić information content (AvgIpc) is 3.30. The molecular weight excluding hydrogens is 449 g/mol. The molecule has 0 saturated carbocycles. The highest BCUT2D eigenvalue weighted by Crippen LogP contribution is 2.37. The second kappa shape index (κ2) is 8.24. The molecule has 0 radical (unpaired) electrons. The van der Waals surface area contributed by atoms with Crippen molar-refractivity contribution in [3.8, 4) is 11.4 Å². The van der Waals surface area contributed by atoms with E-state index in [1.807, 2.05) is 0 Å². The van der Waals surface area contributed by atoms with E-state index in [0.717, 1.165) is 43.8 Å².